The van der Waals surface area contributed by atoms with Crippen LogP contribution in [0.25, 0.3) is 10.2 Å². The summed E-state index contributed by atoms with van der Waals surface area (Å²) in [4.78, 5) is 16.7. The van der Waals surface area contributed by atoms with Gasteiger partial charge in [-0.25, -0.2) is 4.98 Å². The molecule has 3 aromatic rings. The fourth-order valence-corrected chi connectivity index (χ4v) is 3.74. The lowest BCUT2D eigenvalue weighted by Gasteiger charge is -2.15. The average molecular weight is 405 g/mol. The predicted molar refractivity (Wildman–Crippen MR) is 100 cm³/mol. The average Bonchev–Trinajstić information content (AvgIpc) is 2.98. The number of carbonyl (C=O) groups is 1. The highest BCUT2D eigenvalue weighted by Crippen LogP contribution is 2.26. The summed E-state index contributed by atoms with van der Waals surface area (Å²) in [5.41, 5.74) is 2.08. The molecule has 0 fully saturated rings. The Hall–Kier alpha value is -1.92. The van der Waals surface area contributed by atoms with E-state index in [1.54, 1.807) is 18.3 Å². The van der Waals surface area contributed by atoms with E-state index in [-0.39, 0.29) is 5.91 Å². The number of halogens is 1. The second-order valence-corrected chi connectivity index (χ2v) is 7.46. The SMILES string of the molecule is Cc1ccc(O[C@H](C)C(=O)NCc2nc3ccccc3s2)c(Br)c1. The van der Waals surface area contributed by atoms with Gasteiger partial charge in [-0.3, -0.25) is 4.79 Å². The summed E-state index contributed by atoms with van der Waals surface area (Å²) in [5.74, 6) is 0.491. The van der Waals surface area contributed by atoms with Crippen molar-refractivity contribution in [2.45, 2.75) is 26.5 Å². The maximum absolute atomic E-state index is 12.2. The molecule has 124 valence electrons. The molecular formula is C18H17BrN2O2S. The van der Waals surface area contributed by atoms with Crippen molar-refractivity contribution in [1.29, 1.82) is 0 Å². The molecule has 0 aliphatic carbocycles. The van der Waals surface area contributed by atoms with Gasteiger partial charge >= 0.3 is 0 Å². The highest BCUT2D eigenvalue weighted by Gasteiger charge is 2.16. The molecule has 0 saturated heterocycles. The van der Waals surface area contributed by atoms with E-state index < -0.39 is 6.10 Å². The van der Waals surface area contributed by atoms with Crippen LogP contribution in [0.2, 0.25) is 0 Å². The molecule has 0 aliphatic rings. The summed E-state index contributed by atoms with van der Waals surface area (Å²) >= 11 is 5.04. The fourth-order valence-electron chi connectivity index (χ4n) is 2.25. The number of benzene rings is 2. The number of rotatable bonds is 5. The summed E-state index contributed by atoms with van der Waals surface area (Å²) in [6.07, 6.45) is -0.585. The first-order chi connectivity index (χ1) is 11.5. The standard InChI is InChI=1S/C18H17BrN2O2S/c1-11-7-8-15(13(19)9-11)23-12(2)18(22)20-10-17-21-14-5-3-4-6-16(14)24-17/h3-9,12H,10H2,1-2H3,(H,20,22)/t12-/m1/s1. The van der Waals surface area contributed by atoms with E-state index >= 15 is 0 Å². The molecule has 0 bridgehead atoms. The van der Waals surface area contributed by atoms with Crippen molar-refractivity contribution < 1.29 is 9.53 Å². The third-order valence-electron chi connectivity index (χ3n) is 3.51. The van der Waals surface area contributed by atoms with Gasteiger partial charge in [-0.05, 0) is 59.6 Å². The molecule has 1 atom stereocenters. The number of aromatic nitrogens is 1. The second kappa shape index (κ2) is 7.32. The van der Waals surface area contributed by atoms with Crippen molar-refractivity contribution in [2.75, 3.05) is 0 Å². The molecule has 24 heavy (non-hydrogen) atoms. The quantitative estimate of drug-likeness (QED) is 0.683. The Labute approximate surface area is 153 Å². The molecular weight excluding hydrogens is 388 g/mol. The van der Waals surface area contributed by atoms with Gasteiger partial charge in [0.15, 0.2) is 6.10 Å². The van der Waals surface area contributed by atoms with Crippen LogP contribution in [0.4, 0.5) is 0 Å². The largest absolute Gasteiger partial charge is 0.480 e. The van der Waals surface area contributed by atoms with E-state index in [4.69, 9.17) is 4.74 Å². The van der Waals surface area contributed by atoms with Gasteiger partial charge < -0.3 is 10.1 Å². The monoisotopic (exact) mass is 404 g/mol. The van der Waals surface area contributed by atoms with Gasteiger partial charge in [0.25, 0.3) is 5.91 Å². The number of hydrogen-bond acceptors (Lipinski definition) is 4. The molecule has 0 spiro atoms. The Morgan fingerprint density at radius 1 is 1.33 bits per heavy atom. The van der Waals surface area contributed by atoms with Crippen molar-refractivity contribution in [2.24, 2.45) is 0 Å². The minimum Gasteiger partial charge on any atom is -0.480 e. The Kier molecular flexibility index (Phi) is 5.16. The Bertz CT molecular complexity index is 845. The predicted octanol–water partition coefficient (Wildman–Crippen LogP) is 4.45. The molecule has 0 aliphatic heterocycles. The summed E-state index contributed by atoms with van der Waals surface area (Å²) in [6.45, 7) is 4.14. The highest BCUT2D eigenvalue weighted by molar-refractivity contribution is 9.10. The zero-order valence-electron chi connectivity index (χ0n) is 13.4. The first kappa shape index (κ1) is 16.9. The smallest absolute Gasteiger partial charge is 0.261 e. The maximum atomic E-state index is 12.2. The molecule has 3 rings (SSSR count). The number of nitrogens with zero attached hydrogens (tertiary/aromatic N) is 1. The van der Waals surface area contributed by atoms with Gasteiger partial charge in [-0.15, -0.1) is 11.3 Å². The molecule has 6 heteroatoms. The number of amides is 1. The zero-order valence-corrected chi connectivity index (χ0v) is 15.8. The molecule has 0 unspecified atom stereocenters. The Morgan fingerprint density at radius 3 is 2.88 bits per heavy atom. The van der Waals surface area contributed by atoms with Crippen LogP contribution in [-0.4, -0.2) is 17.0 Å². The molecule has 4 nitrogen and oxygen atoms in total. The molecule has 1 amide bonds. The van der Waals surface area contributed by atoms with Crippen LogP contribution in [0.3, 0.4) is 0 Å². The second-order valence-electron chi connectivity index (χ2n) is 5.49. The molecule has 1 aromatic heterocycles. The van der Waals surface area contributed by atoms with Crippen molar-refractivity contribution in [3.05, 3.63) is 57.5 Å². The number of nitrogens with one attached hydrogen (secondary N) is 1. The minimum atomic E-state index is -0.585. The van der Waals surface area contributed by atoms with Gasteiger partial charge in [-0.2, -0.15) is 0 Å². The number of thiazole rings is 1. The Balaban J connectivity index is 1.59. The van der Waals surface area contributed by atoms with E-state index in [9.17, 15) is 4.79 Å². The number of ether oxygens (including phenoxy) is 1. The number of carbonyl (C=O) groups excluding carboxylic acids is 1. The van der Waals surface area contributed by atoms with Crippen molar-refractivity contribution in [3.8, 4) is 5.75 Å². The van der Waals surface area contributed by atoms with Crippen molar-refractivity contribution in [3.63, 3.8) is 0 Å². The normalized spacial score (nSPS) is 12.1. The van der Waals surface area contributed by atoms with Gasteiger partial charge in [0.05, 0.1) is 21.2 Å². The van der Waals surface area contributed by atoms with Crippen molar-refractivity contribution in [1.82, 2.24) is 10.3 Å². The fraction of sp³-hybridized carbons (Fsp3) is 0.222. The van der Waals surface area contributed by atoms with Crippen LogP contribution < -0.4 is 10.1 Å². The Morgan fingerprint density at radius 2 is 2.12 bits per heavy atom. The van der Waals surface area contributed by atoms with E-state index in [2.05, 4.69) is 26.2 Å². The third kappa shape index (κ3) is 3.94. The van der Waals surface area contributed by atoms with Gasteiger partial charge in [0, 0.05) is 0 Å². The molecule has 0 saturated carbocycles. The van der Waals surface area contributed by atoms with E-state index in [0.29, 0.717) is 12.3 Å². The minimum absolute atomic E-state index is 0.165. The van der Waals surface area contributed by atoms with Crippen LogP contribution in [0.15, 0.2) is 46.9 Å². The number of aryl methyl sites for hydroxylation is 1. The topological polar surface area (TPSA) is 51.2 Å². The zero-order chi connectivity index (χ0) is 17.1. The first-order valence-corrected chi connectivity index (χ1v) is 9.19. The van der Waals surface area contributed by atoms with Gasteiger partial charge in [-0.1, -0.05) is 18.2 Å². The van der Waals surface area contributed by atoms with Crippen LogP contribution in [-0.2, 0) is 11.3 Å². The number of fused-ring (bicyclic) bond motifs is 1. The lowest BCUT2D eigenvalue weighted by molar-refractivity contribution is -0.127. The van der Waals surface area contributed by atoms with E-state index in [1.807, 2.05) is 49.4 Å². The summed E-state index contributed by atoms with van der Waals surface area (Å²) in [5, 5.41) is 3.76. The maximum Gasteiger partial charge on any atom is 0.261 e. The summed E-state index contributed by atoms with van der Waals surface area (Å²) in [6, 6.07) is 13.7. The summed E-state index contributed by atoms with van der Waals surface area (Å²) in [7, 11) is 0. The van der Waals surface area contributed by atoms with Gasteiger partial charge in [0.1, 0.15) is 10.8 Å². The molecule has 0 radical (unpaired) electrons. The van der Waals surface area contributed by atoms with Crippen molar-refractivity contribution >= 4 is 43.4 Å². The van der Waals surface area contributed by atoms with Gasteiger partial charge in [0.2, 0.25) is 0 Å². The molecule has 1 N–H and O–H groups in total. The number of para-hydroxylation sites is 1. The number of hydrogen-bond donors (Lipinski definition) is 1. The lowest BCUT2D eigenvalue weighted by atomic mass is 10.2. The molecule has 1 heterocycles. The summed E-state index contributed by atoms with van der Waals surface area (Å²) < 4.78 is 7.69. The van der Waals surface area contributed by atoms with E-state index in [1.165, 1.54) is 0 Å². The van der Waals surface area contributed by atoms with Crippen LogP contribution in [0.5, 0.6) is 5.75 Å². The first-order valence-electron chi connectivity index (χ1n) is 7.58. The molecule has 2 aromatic carbocycles. The lowest BCUT2D eigenvalue weighted by Crippen LogP contribution is -2.35. The van der Waals surface area contributed by atoms with E-state index in [0.717, 1.165) is 25.3 Å². The van der Waals surface area contributed by atoms with Crippen LogP contribution in [0, 0.1) is 6.92 Å². The highest BCUT2D eigenvalue weighted by atomic mass is 79.9. The third-order valence-corrected chi connectivity index (χ3v) is 5.17. The van der Waals surface area contributed by atoms with Crippen LogP contribution in [0.1, 0.15) is 17.5 Å². The van der Waals surface area contributed by atoms with Crippen LogP contribution >= 0.6 is 27.3 Å².